The Morgan fingerprint density at radius 3 is 2.67 bits per heavy atom. The summed E-state index contributed by atoms with van der Waals surface area (Å²) in [6.07, 6.45) is 4.29. The monoisotopic (exact) mass is 330 g/mol. The number of carbonyl (C=O) groups is 2. The number of carboxylic acids is 1. The van der Waals surface area contributed by atoms with Crippen molar-refractivity contribution < 1.29 is 14.7 Å². The van der Waals surface area contributed by atoms with E-state index in [1.165, 1.54) is 4.68 Å². The summed E-state index contributed by atoms with van der Waals surface area (Å²) in [6, 6.07) is 5.88. The predicted molar refractivity (Wildman–Crippen MR) is 88.9 cm³/mol. The van der Waals surface area contributed by atoms with E-state index in [0.717, 1.165) is 0 Å². The van der Waals surface area contributed by atoms with E-state index < -0.39 is 17.9 Å². The summed E-state index contributed by atoms with van der Waals surface area (Å²) in [7, 11) is 0. The molecule has 2 N–H and O–H groups in total. The number of hydrogen-bond acceptors (Lipinski definition) is 4. The van der Waals surface area contributed by atoms with Crippen LogP contribution in [-0.2, 0) is 4.79 Å². The van der Waals surface area contributed by atoms with E-state index in [-0.39, 0.29) is 5.41 Å². The molecule has 1 aromatic heterocycles. The van der Waals surface area contributed by atoms with E-state index in [2.05, 4.69) is 15.6 Å². The standard InChI is InChI=1S/C17H22N4O3/c1-17(2,3)8-7-14(16(23)24)19-15(22)12-5-4-6-13(11-12)21-10-9-18-20-21/h4-6,9-11,14H,7-8H2,1-3H3,(H,19,22)(H,23,24). The Hall–Kier alpha value is -2.70. The zero-order valence-corrected chi connectivity index (χ0v) is 14.1. The molecule has 0 bridgehead atoms. The fourth-order valence-electron chi connectivity index (χ4n) is 2.21. The number of aromatic nitrogens is 3. The first-order chi connectivity index (χ1) is 11.3. The average molecular weight is 330 g/mol. The minimum atomic E-state index is -1.03. The number of benzene rings is 1. The van der Waals surface area contributed by atoms with Crippen LogP contribution in [0.25, 0.3) is 5.69 Å². The Labute approximate surface area is 140 Å². The van der Waals surface area contributed by atoms with E-state index in [9.17, 15) is 14.7 Å². The number of carboxylic acid groups (broad SMARTS) is 1. The number of nitrogens with zero attached hydrogens (tertiary/aromatic N) is 3. The summed E-state index contributed by atoms with van der Waals surface area (Å²) >= 11 is 0. The van der Waals surface area contributed by atoms with Gasteiger partial charge in [-0.05, 0) is 36.5 Å². The molecule has 0 aliphatic heterocycles. The number of nitrogens with one attached hydrogen (secondary N) is 1. The highest BCUT2D eigenvalue weighted by Gasteiger charge is 2.23. The minimum absolute atomic E-state index is 0.00539. The Morgan fingerprint density at radius 1 is 1.33 bits per heavy atom. The van der Waals surface area contributed by atoms with E-state index >= 15 is 0 Å². The van der Waals surface area contributed by atoms with Crippen LogP contribution in [0.5, 0.6) is 0 Å². The first-order valence-electron chi connectivity index (χ1n) is 7.77. The zero-order valence-electron chi connectivity index (χ0n) is 14.1. The SMILES string of the molecule is CC(C)(C)CCC(NC(=O)c1cccc(-n2ccnn2)c1)C(=O)O. The molecule has 0 aliphatic carbocycles. The van der Waals surface area contributed by atoms with Crippen molar-refractivity contribution in [3.8, 4) is 5.69 Å². The first-order valence-corrected chi connectivity index (χ1v) is 7.77. The molecule has 24 heavy (non-hydrogen) atoms. The second kappa shape index (κ2) is 7.25. The lowest BCUT2D eigenvalue weighted by molar-refractivity contribution is -0.139. The second-order valence-corrected chi connectivity index (χ2v) is 6.86. The van der Waals surface area contributed by atoms with Gasteiger partial charge in [0.2, 0.25) is 0 Å². The zero-order chi connectivity index (χ0) is 17.7. The van der Waals surface area contributed by atoms with Crippen molar-refractivity contribution in [1.82, 2.24) is 20.3 Å². The molecule has 1 heterocycles. The summed E-state index contributed by atoms with van der Waals surface area (Å²) in [5, 5.41) is 19.5. The summed E-state index contributed by atoms with van der Waals surface area (Å²) in [6.45, 7) is 6.11. The van der Waals surface area contributed by atoms with Crippen molar-refractivity contribution in [2.24, 2.45) is 5.41 Å². The van der Waals surface area contributed by atoms with Gasteiger partial charge in [-0.3, -0.25) is 4.79 Å². The van der Waals surface area contributed by atoms with Gasteiger partial charge in [-0.25, -0.2) is 9.48 Å². The molecule has 1 atom stereocenters. The van der Waals surface area contributed by atoms with E-state index in [4.69, 9.17) is 0 Å². The van der Waals surface area contributed by atoms with Gasteiger partial charge in [0.1, 0.15) is 6.04 Å². The van der Waals surface area contributed by atoms with Crippen molar-refractivity contribution in [3.63, 3.8) is 0 Å². The van der Waals surface area contributed by atoms with Crippen LogP contribution < -0.4 is 5.32 Å². The number of amides is 1. The number of rotatable bonds is 6. The number of carbonyl (C=O) groups excluding carboxylic acids is 1. The molecule has 0 saturated heterocycles. The minimum Gasteiger partial charge on any atom is -0.480 e. The van der Waals surface area contributed by atoms with Crippen molar-refractivity contribution >= 4 is 11.9 Å². The van der Waals surface area contributed by atoms with Crippen LogP contribution in [0.4, 0.5) is 0 Å². The van der Waals surface area contributed by atoms with Gasteiger partial charge >= 0.3 is 5.97 Å². The summed E-state index contributed by atoms with van der Waals surface area (Å²) in [5.41, 5.74) is 1.07. The fraction of sp³-hybridized carbons (Fsp3) is 0.412. The third-order valence-electron chi connectivity index (χ3n) is 3.58. The second-order valence-electron chi connectivity index (χ2n) is 6.86. The third-order valence-corrected chi connectivity index (χ3v) is 3.58. The maximum absolute atomic E-state index is 12.4. The molecule has 2 rings (SSSR count). The molecule has 0 saturated carbocycles. The van der Waals surface area contributed by atoms with Crippen molar-refractivity contribution in [2.45, 2.75) is 39.7 Å². The normalized spacial score (nSPS) is 12.6. The maximum Gasteiger partial charge on any atom is 0.326 e. The Kier molecular flexibility index (Phi) is 5.33. The molecule has 1 aromatic carbocycles. The molecule has 128 valence electrons. The van der Waals surface area contributed by atoms with Gasteiger partial charge in [0.25, 0.3) is 5.91 Å². The molecule has 7 heteroatoms. The predicted octanol–water partition coefficient (Wildman–Crippen LogP) is 2.28. The smallest absolute Gasteiger partial charge is 0.326 e. The van der Waals surface area contributed by atoms with E-state index in [1.54, 1.807) is 36.7 Å². The van der Waals surface area contributed by atoms with Crippen LogP contribution in [0.3, 0.4) is 0 Å². The van der Waals surface area contributed by atoms with Crippen molar-refractivity contribution in [2.75, 3.05) is 0 Å². The van der Waals surface area contributed by atoms with Crippen LogP contribution in [-0.4, -0.2) is 38.0 Å². The van der Waals surface area contributed by atoms with Gasteiger partial charge in [0.15, 0.2) is 0 Å². The molecular formula is C17H22N4O3. The van der Waals surface area contributed by atoms with Gasteiger partial charge in [-0.2, -0.15) is 0 Å². The van der Waals surface area contributed by atoms with Crippen LogP contribution in [0, 0.1) is 5.41 Å². The van der Waals surface area contributed by atoms with E-state index in [1.807, 2.05) is 20.8 Å². The van der Waals surface area contributed by atoms with Crippen LogP contribution >= 0.6 is 0 Å². The van der Waals surface area contributed by atoms with Gasteiger partial charge in [0, 0.05) is 5.56 Å². The lowest BCUT2D eigenvalue weighted by Crippen LogP contribution is -2.41. The highest BCUT2D eigenvalue weighted by molar-refractivity contribution is 5.97. The lowest BCUT2D eigenvalue weighted by atomic mass is 9.88. The Bertz CT molecular complexity index is 705. The molecule has 0 aliphatic rings. The van der Waals surface area contributed by atoms with Crippen molar-refractivity contribution in [3.05, 3.63) is 42.2 Å². The van der Waals surface area contributed by atoms with Gasteiger partial charge in [0.05, 0.1) is 18.1 Å². The molecule has 0 radical (unpaired) electrons. The number of aliphatic carboxylic acids is 1. The highest BCUT2D eigenvalue weighted by atomic mass is 16.4. The molecule has 2 aromatic rings. The number of hydrogen-bond donors (Lipinski definition) is 2. The van der Waals surface area contributed by atoms with Gasteiger partial charge < -0.3 is 10.4 Å². The molecule has 0 fully saturated rings. The topological polar surface area (TPSA) is 97.1 Å². The fourth-order valence-corrected chi connectivity index (χ4v) is 2.21. The summed E-state index contributed by atoms with van der Waals surface area (Å²) in [5.74, 6) is -1.45. The Balaban J connectivity index is 2.10. The van der Waals surface area contributed by atoms with E-state index in [0.29, 0.717) is 24.1 Å². The van der Waals surface area contributed by atoms with Crippen LogP contribution in [0.1, 0.15) is 44.0 Å². The van der Waals surface area contributed by atoms with Gasteiger partial charge in [-0.15, -0.1) is 5.10 Å². The molecule has 7 nitrogen and oxygen atoms in total. The third kappa shape index (κ3) is 4.91. The van der Waals surface area contributed by atoms with Gasteiger partial charge in [-0.1, -0.05) is 32.1 Å². The van der Waals surface area contributed by atoms with Crippen molar-refractivity contribution in [1.29, 1.82) is 0 Å². The molecule has 1 unspecified atom stereocenters. The molecule has 0 spiro atoms. The largest absolute Gasteiger partial charge is 0.480 e. The van der Waals surface area contributed by atoms with Crippen LogP contribution in [0.15, 0.2) is 36.7 Å². The molecular weight excluding hydrogens is 308 g/mol. The molecule has 1 amide bonds. The average Bonchev–Trinajstić information content (AvgIpc) is 3.04. The lowest BCUT2D eigenvalue weighted by Gasteiger charge is -2.21. The van der Waals surface area contributed by atoms with Crippen LogP contribution in [0.2, 0.25) is 0 Å². The first kappa shape index (κ1) is 17.7. The maximum atomic E-state index is 12.4. The quantitative estimate of drug-likeness (QED) is 0.847. The summed E-state index contributed by atoms with van der Waals surface area (Å²) in [4.78, 5) is 23.8. The highest BCUT2D eigenvalue weighted by Crippen LogP contribution is 2.22. The summed E-state index contributed by atoms with van der Waals surface area (Å²) < 4.78 is 1.53. The Morgan fingerprint density at radius 2 is 2.08 bits per heavy atom.